The second-order valence-electron chi connectivity index (χ2n) is 4.11. The molecule has 1 rings (SSSR count). The Morgan fingerprint density at radius 2 is 2.06 bits per heavy atom. The summed E-state index contributed by atoms with van der Waals surface area (Å²) in [7, 11) is 1.94. The maximum absolute atomic E-state index is 5.66. The molecule has 1 aromatic rings. The van der Waals surface area contributed by atoms with Crippen molar-refractivity contribution >= 4 is 15.9 Å². The highest BCUT2D eigenvalue weighted by atomic mass is 79.9. The standard InChI is InChI=1S/C14H22BrNO2/c1-3-4-7-17-8-9-18-14-6-5-12(11-16-2)10-13(14)15/h5-6,10,16H,3-4,7-9,11H2,1-2H3. The van der Waals surface area contributed by atoms with Crippen molar-refractivity contribution in [2.45, 2.75) is 26.3 Å². The number of ether oxygens (including phenoxy) is 2. The van der Waals surface area contributed by atoms with Gasteiger partial charge in [0, 0.05) is 13.2 Å². The Hall–Kier alpha value is -0.580. The van der Waals surface area contributed by atoms with E-state index in [4.69, 9.17) is 9.47 Å². The first-order chi connectivity index (χ1) is 8.77. The van der Waals surface area contributed by atoms with Crippen LogP contribution in [-0.2, 0) is 11.3 Å². The molecule has 0 bridgehead atoms. The van der Waals surface area contributed by atoms with Crippen molar-refractivity contribution in [3.63, 3.8) is 0 Å². The van der Waals surface area contributed by atoms with Crippen LogP contribution >= 0.6 is 15.9 Å². The molecule has 0 heterocycles. The second kappa shape index (κ2) is 9.36. The molecule has 0 aliphatic heterocycles. The third-order valence-corrected chi connectivity index (χ3v) is 3.12. The Morgan fingerprint density at radius 1 is 1.22 bits per heavy atom. The Labute approximate surface area is 118 Å². The van der Waals surface area contributed by atoms with Gasteiger partial charge in [-0.3, -0.25) is 0 Å². The SMILES string of the molecule is CCCCOCCOc1ccc(CNC)cc1Br. The summed E-state index contributed by atoms with van der Waals surface area (Å²) in [6, 6.07) is 6.13. The quantitative estimate of drug-likeness (QED) is 0.709. The van der Waals surface area contributed by atoms with Gasteiger partial charge in [-0.2, -0.15) is 0 Å². The van der Waals surface area contributed by atoms with E-state index in [0.717, 1.165) is 29.8 Å². The minimum Gasteiger partial charge on any atom is -0.490 e. The predicted molar refractivity (Wildman–Crippen MR) is 78.1 cm³/mol. The van der Waals surface area contributed by atoms with Crippen molar-refractivity contribution in [2.24, 2.45) is 0 Å². The van der Waals surface area contributed by atoms with Gasteiger partial charge in [0.2, 0.25) is 0 Å². The average Bonchev–Trinajstić information content (AvgIpc) is 2.36. The van der Waals surface area contributed by atoms with E-state index < -0.39 is 0 Å². The molecule has 1 aromatic carbocycles. The summed E-state index contributed by atoms with van der Waals surface area (Å²) >= 11 is 3.52. The van der Waals surface area contributed by atoms with E-state index >= 15 is 0 Å². The summed E-state index contributed by atoms with van der Waals surface area (Å²) in [4.78, 5) is 0. The van der Waals surface area contributed by atoms with E-state index in [1.807, 2.05) is 13.1 Å². The molecule has 0 aliphatic rings. The molecule has 0 fully saturated rings. The normalized spacial score (nSPS) is 10.6. The van der Waals surface area contributed by atoms with Crippen LogP contribution in [0.3, 0.4) is 0 Å². The van der Waals surface area contributed by atoms with Crippen molar-refractivity contribution in [3.05, 3.63) is 28.2 Å². The van der Waals surface area contributed by atoms with Crippen LogP contribution in [0, 0.1) is 0 Å². The van der Waals surface area contributed by atoms with E-state index in [2.05, 4.69) is 40.3 Å². The van der Waals surface area contributed by atoms with Crippen LogP contribution in [0.1, 0.15) is 25.3 Å². The van der Waals surface area contributed by atoms with Gasteiger partial charge >= 0.3 is 0 Å². The first kappa shape index (κ1) is 15.5. The third kappa shape index (κ3) is 5.85. The highest BCUT2D eigenvalue weighted by Gasteiger charge is 2.02. The van der Waals surface area contributed by atoms with Gasteiger partial charge in [-0.25, -0.2) is 0 Å². The molecule has 0 unspecified atom stereocenters. The molecule has 0 saturated carbocycles. The van der Waals surface area contributed by atoms with Gasteiger partial charge in [0.25, 0.3) is 0 Å². The zero-order valence-electron chi connectivity index (χ0n) is 11.2. The maximum atomic E-state index is 5.66. The fourth-order valence-electron chi connectivity index (χ4n) is 1.53. The number of hydrogen-bond donors (Lipinski definition) is 1. The first-order valence-corrected chi connectivity index (χ1v) is 7.20. The lowest BCUT2D eigenvalue weighted by Gasteiger charge is -2.10. The number of hydrogen-bond acceptors (Lipinski definition) is 3. The summed E-state index contributed by atoms with van der Waals surface area (Å²) in [5.74, 6) is 0.869. The van der Waals surface area contributed by atoms with Crippen LogP contribution in [0.4, 0.5) is 0 Å². The number of halogens is 1. The molecule has 3 nitrogen and oxygen atoms in total. The Bertz CT molecular complexity index is 345. The van der Waals surface area contributed by atoms with Gasteiger partial charge < -0.3 is 14.8 Å². The fourth-order valence-corrected chi connectivity index (χ4v) is 2.08. The minimum absolute atomic E-state index is 0.591. The maximum Gasteiger partial charge on any atom is 0.133 e. The first-order valence-electron chi connectivity index (χ1n) is 6.41. The van der Waals surface area contributed by atoms with Crippen LogP contribution < -0.4 is 10.1 Å². The molecule has 18 heavy (non-hydrogen) atoms. The average molecular weight is 316 g/mol. The molecule has 0 aliphatic carbocycles. The predicted octanol–water partition coefficient (Wildman–Crippen LogP) is 3.36. The molecule has 1 N–H and O–H groups in total. The largest absolute Gasteiger partial charge is 0.490 e. The van der Waals surface area contributed by atoms with E-state index in [0.29, 0.717) is 13.2 Å². The van der Waals surface area contributed by atoms with Crippen molar-refractivity contribution in [2.75, 3.05) is 26.9 Å². The summed E-state index contributed by atoms with van der Waals surface area (Å²) in [5.41, 5.74) is 1.23. The molecular weight excluding hydrogens is 294 g/mol. The van der Waals surface area contributed by atoms with Gasteiger partial charge in [0.1, 0.15) is 12.4 Å². The summed E-state index contributed by atoms with van der Waals surface area (Å²) in [6.07, 6.45) is 2.28. The van der Waals surface area contributed by atoms with Gasteiger partial charge in [0.15, 0.2) is 0 Å². The summed E-state index contributed by atoms with van der Waals surface area (Å²) < 4.78 is 12.1. The third-order valence-electron chi connectivity index (χ3n) is 2.50. The Balaban J connectivity index is 2.29. The lowest BCUT2D eigenvalue weighted by Crippen LogP contribution is -2.08. The van der Waals surface area contributed by atoms with Crippen LogP contribution in [0.2, 0.25) is 0 Å². The molecular formula is C14H22BrNO2. The van der Waals surface area contributed by atoms with E-state index in [9.17, 15) is 0 Å². The van der Waals surface area contributed by atoms with Crippen LogP contribution in [0.5, 0.6) is 5.75 Å². The van der Waals surface area contributed by atoms with Crippen molar-refractivity contribution in [3.8, 4) is 5.75 Å². The zero-order valence-corrected chi connectivity index (χ0v) is 12.8. The van der Waals surface area contributed by atoms with Crippen LogP contribution in [0.25, 0.3) is 0 Å². The molecule has 0 atom stereocenters. The van der Waals surface area contributed by atoms with E-state index in [1.165, 1.54) is 12.0 Å². The van der Waals surface area contributed by atoms with Crippen LogP contribution in [-0.4, -0.2) is 26.9 Å². The van der Waals surface area contributed by atoms with Crippen molar-refractivity contribution < 1.29 is 9.47 Å². The van der Waals surface area contributed by atoms with Crippen LogP contribution in [0.15, 0.2) is 22.7 Å². The number of unbranched alkanes of at least 4 members (excludes halogenated alkanes) is 1. The lowest BCUT2D eigenvalue weighted by atomic mass is 10.2. The molecule has 0 saturated heterocycles. The summed E-state index contributed by atoms with van der Waals surface area (Å²) in [5, 5.41) is 3.12. The summed E-state index contributed by atoms with van der Waals surface area (Å²) in [6.45, 7) is 5.07. The fraction of sp³-hybridized carbons (Fsp3) is 0.571. The second-order valence-corrected chi connectivity index (χ2v) is 4.96. The van der Waals surface area contributed by atoms with Gasteiger partial charge in [-0.1, -0.05) is 19.4 Å². The molecule has 0 amide bonds. The smallest absolute Gasteiger partial charge is 0.133 e. The highest BCUT2D eigenvalue weighted by molar-refractivity contribution is 9.10. The van der Waals surface area contributed by atoms with E-state index in [1.54, 1.807) is 0 Å². The molecule has 4 heteroatoms. The zero-order chi connectivity index (χ0) is 13.2. The van der Waals surface area contributed by atoms with Gasteiger partial charge in [-0.05, 0) is 47.1 Å². The molecule has 0 spiro atoms. The number of benzene rings is 1. The monoisotopic (exact) mass is 315 g/mol. The molecule has 0 aromatic heterocycles. The van der Waals surface area contributed by atoms with Gasteiger partial charge in [0.05, 0.1) is 11.1 Å². The van der Waals surface area contributed by atoms with Crippen molar-refractivity contribution in [1.29, 1.82) is 0 Å². The van der Waals surface area contributed by atoms with Crippen molar-refractivity contribution in [1.82, 2.24) is 5.32 Å². The number of nitrogens with one attached hydrogen (secondary N) is 1. The lowest BCUT2D eigenvalue weighted by molar-refractivity contribution is 0.0978. The Morgan fingerprint density at radius 3 is 2.72 bits per heavy atom. The number of rotatable bonds is 9. The topological polar surface area (TPSA) is 30.5 Å². The Kier molecular flexibility index (Phi) is 8.05. The van der Waals surface area contributed by atoms with Gasteiger partial charge in [-0.15, -0.1) is 0 Å². The minimum atomic E-state index is 0.591. The molecule has 102 valence electrons. The van der Waals surface area contributed by atoms with E-state index in [-0.39, 0.29) is 0 Å². The highest BCUT2D eigenvalue weighted by Crippen LogP contribution is 2.25. The molecule has 0 radical (unpaired) electrons.